The molecule has 0 spiro atoms. The van der Waals surface area contributed by atoms with Crippen LogP contribution in [0.15, 0.2) is 59.6 Å². The second-order valence-electron chi connectivity index (χ2n) is 6.88. The molecular weight excluding hydrogens is 376 g/mol. The van der Waals surface area contributed by atoms with Crippen molar-refractivity contribution in [2.45, 2.75) is 24.3 Å². The summed E-state index contributed by atoms with van der Waals surface area (Å²) in [6, 6.07) is 14.8. The van der Waals surface area contributed by atoms with Crippen molar-refractivity contribution >= 4 is 20.9 Å². The number of fused-ring (bicyclic) bond motifs is 1. The van der Waals surface area contributed by atoms with Crippen LogP contribution in [-0.4, -0.2) is 44.0 Å². The zero-order valence-corrected chi connectivity index (χ0v) is 16.6. The number of ether oxygens (including phenoxy) is 2. The maximum atomic E-state index is 13.2. The Bertz CT molecular complexity index is 1110. The van der Waals surface area contributed by atoms with Gasteiger partial charge in [-0.3, -0.25) is 4.98 Å². The molecule has 0 aliphatic carbocycles. The molecule has 1 saturated heterocycles. The van der Waals surface area contributed by atoms with Crippen LogP contribution in [0.1, 0.15) is 12.0 Å². The lowest BCUT2D eigenvalue weighted by atomic mass is 10.2. The van der Waals surface area contributed by atoms with E-state index in [9.17, 15) is 8.42 Å². The average Bonchev–Trinajstić information content (AvgIpc) is 3.18. The molecule has 0 bridgehead atoms. The van der Waals surface area contributed by atoms with Crippen molar-refractivity contribution in [1.29, 1.82) is 0 Å². The van der Waals surface area contributed by atoms with Gasteiger partial charge in [-0.25, -0.2) is 8.42 Å². The van der Waals surface area contributed by atoms with Crippen LogP contribution in [0.2, 0.25) is 0 Å². The minimum absolute atomic E-state index is 0.197. The van der Waals surface area contributed by atoms with E-state index < -0.39 is 10.0 Å². The molecule has 2 aromatic carbocycles. The molecule has 0 amide bonds. The molecule has 0 radical (unpaired) electrons. The normalized spacial score (nSPS) is 17.7. The van der Waals surface area contributed by atoms with Crippen LogP contribution in [0.5, 0.6) is 11.5 Å². The van der Waals surface area contributed by atoms with Gasteiger partial charge in [0, 0.05) is 18.1 Å². The fraction of sp³-hybridized carbons (Fsp3) is 0.286. The van der Waals surface area contributed by atoms with Crippen molar-refractivity contribution in [2.24, 2.45) is 0 Å². The lowest BCUT2D eigenvalue weighted by Crippen LogP contribution is -2.31. The Labute approximate surface area is 164 Å². The third kappa shape index (κ3) is 3.43. The maximum absolute atomic E-state index is 13.2. The topological polar surface area (TPSA) is 68.7 Å². The van der Waals surface area contributed by atoms with E-state index >= 15 is 0 Å². The number of aryl methyl sites for hydroxylation is 1. The highest BCUT2D eigenvalue weighted by Gasteiger charge is 2.35. The lowest BCUT2D eigenvalue weighted by Gasteiger charge is -2.19. The molecule has 28 heavy (non-hydrogen) atoms. The monoisotopic (exact) mass is 398 g/mol. The zero-order valence-electron chi connectivity index (χ0n) is 15.8. The third-order valence-electron chi connectivity index (χ3n) is 4.93. The molecule has 1 fully saturated rings. The molecule has 1 aliphatic heterocycles. The first-order chi connectivity index (χ1) is 13.5. The van der Waals surface area contributed by atoms with Gasteiger partial charge in [-0.05, 0) is 43.2 Å². The van der Waals surface area contributed by atoms with Gasteiger partial charge in [-0.1, -0.05) is 24.3 Å². The van der Waals surface area contributed by atoms with Gasteiger partial charge in [-0.15, -0.1) is 0 Å². The van der Waals surface area contributed by atoms with Crippen molar-refractivity contribution in [1.82, 2.24) is 9.29 Å². The van der Waals surface area contributed by atoms with Gasteiger partial charge in [0.1, 0.15) is 28.0 Å². The molecule has 0 saturated carbocycles. The second-order valence-corrected chi connectivity index (χ2v) is 8.78. The number of aromatic nitrogens is 1. The number of hydrogen-bond donors (Lipinski definition) is 0. The van der Waals surface area contributed by atoms with Gasteiger partial charge in [-0.2, -0.15) is 4.31 Å². The van der Waals surface area contributed by atoms with Crippen molar-refractivity contribution in [2.75, 3.05) is 20.2 Å². The van der Waals surface area contributed by atoms with Gasteiger partial charge in [0.25, 0.3) is 0 Å². The first-order valence-corrected chi connectivity index (χ1v) is 10.6. The Morgan fingerprint density at radius 2 is 1.93 bits per heavy atom. The van der Waals surface area contributed by atoms with Gasteiger partial charge in [0.05, 0.1) is 13.7 Å². The van der Waals surface area contributed by atoms with Crippen LogP contribution in [0.4, 0.5) is 0 Å². The number of para-hydroxylation sites is 1. The van der Waals surface area contributed by atoms with Crippen LogP contribution in [0, 0.1) is 6.92 Å². The van der Waals surface area contributed by atoms with Crippen molar-refractivity contribution in [3.63, 3.8) is 0 Å². The lowest BCUT2D eigenvalue weighted by molar-refractivity contribution is 0.218. The number of nitrogens with zero attached hydrogens (tertiary/aromatic N) is 2. The highest BCUT2D eigenvalue weighted by Crippen LogP contribution is 2.31. The van der Waals surface area contributed by atoms with E-state index in [1.165, 1.54) is 11.4 Å². The van der Waals surface area contributed by atoms with Gasteiger partial charge in [0.15, 0.2) is 0 Å². The smallest absolute Gasteiger partial charge is 0.246 e. The van der Waals surface area contributed by atoms with Crippen LogP contribution < -0.4 is 9.47 Å². The molecule has 0 N–H and O–H groups in total. The summed E-state index contributed by atoms with van der Waals surface area (Å²) in [5.74, 6) is 1.03. The largest absolute Gasteiger partial charge is 0.495 e. The first kappa shape index (κ1) is 18.7. The van der Waals surface area contributed by atoms with E-state index in [0.29, 0.717) is 31.0 Å². The van der Waals surface area contributed by atoms with Crippen LogP contribution in [0.25, 0.3) is 10.9 Å². The second kappa shape index (κ2) is 7.41. The molecule has 0 unspecified atom stereocenters. The molecule has 6 nitrogen and oxygen atoms in total. The molecule has 4 rings (SSSR count). The number of sulfonamides is 1. The zero-order chi connectivity index (χ0) is 19.7. The summed E-state index contributed by atoms with van der Waals surface area (Å²) in [6.45, 7) is 2.56. The fourth-order valence-corrected chi connectivity index (χ4v) is 5.21. The fourth-order valence-electron chi connectivity index (χ4n) is 3.49. The Kier molecular flexibility index (Phi) is 4.95. The summed E-state index contributed by atoms with van der Waals surface area (Å²) in [6.07, 6.45) is 2.12. The van der Waals surface area contributed by atoms with E-state index in [1.807, 2.05) is 43.3 Å². The van der Waals surface area contributed by atoms with Gasteiger partial charge in [0.2, 0.25) is 10.0 Å². The van der Waals surface area contributed by atoms with Crippen LogP contribution in [-0.2, 0) is 10.0 Å². The molecule has 2 heterocycles. The quantitative estimate of drug-likeness (QED) is 0.659. The number of pyridine rings is 1. The van der Waals surface area contributed by atoms with Crippen LogP contribution >= 0.6 is 0 Å². The van der Waals surface area contributed by atoms with Crippen molar-refractivity contribution < 1.29 is 17.9 Å². The Hall–Kier alpha value is -2.64. The molecular formula is C21H22N2O4S. The highest BCUT2D eigenvalue weighted by molar-refractivity contribution is 7.89. The predicted molar refractivity (Wildman–Crippen MR) is 107 cm³/mol. The number of methoxy groups -OCH3 is 1. The minimum Gasteiger partial charge on any atom is -0.495 e. The van der Waals surface area contributed by atoms with E-state index in [2.05, 4.69) is 4.98 Å². The van der Waals surface area contributed by atoms with E-state index in [1.54, 1.807) is 18.3 Å². The number of hydrogen-bond acceptors (Lipinski definition) is 5. The van der Waals surface area contributed by atoms with Gasteiger partial charge < -0.3 is 9.47 Å². The summed E-state index contributed by atoms with van der Waals surface area (Å²) in [5.41, 5.74) is 1.65. The summed E-state index contributed by atoms with van der Waals surface area (Å²) in [4.78, 5) is 4.59. The molecule has 146 valence electrons. The Balaban J connectivity index is 1.56. The summed E-state index contributed by atoms with van der Waals surface area (Å²) >= 11 is 0. The Morgan fingerprint density at radius 1 is 1.11 bits per heavy atom. The highest BCUT2D eigenvalue weighted by atomic mass is 32.2. The predicted octanol–water partition coefficient (Wildman–Crippen LogP) is 3.39. The van der Waals surface area contributed by atoms with E-state index in [-0.39, 0.29) is 11.0 Å². The van der Waals surface area contributed by atoms with E-state index in [4.69, 9.17) is 9.47 Å². The number of rotatable bonds is 5. The summed E-state index contributed by atoms with van der Waals surface area (Å²) < 4.78 is 39.2. The SMILES string of the molecule is COc1ccc(C)cc1S(=O)(=O)N1CC[C@@H](Oc2cccc3cccnc23)C1. The first-order valence-electron chi connectivity index (χ1n) is 9.14. The minimum atomic E-state index is -3.66. The summed E-state index contributed by atoms with van der Waals surface area (Å²) in [5, 5.41) is 0.993. The Morgan fingerprint density at radius 3 is 2.75 bits per heavy atom. The van der Waals surface area contributed by atoms with Crippen molar-refractivity contribution in [3.8, 4) is 11.5 Å². The molecule has 3 aromatic rings. The number of benzene rings is 2. The average molecular weight is 398 g/mol. The molecule has 1 atom stereocenters. The maximum Gasteiger partial charge on any atom is 0.246 e. The standard InChI is InChI=1S/C21H22N2O4S/c1-15-8-9-18(26-2)20(13-15)28(24,25)23-12-10-17(14-23)27-19-7-3-5-16-6-4-11-22-21(16)19/h3-9,11,13,17H,10,12,14H2,1-2H3/t17-/m1/s1. The summed E-state index contributed by atoms with van der Waals surface area (Å²) in [7, 11) is -2.18. The van der Waals surface area contributed by atoms with Gasteiger partial charge >= 0.3 is 0 Å². The van der Waals surface area contributed by atoms with Crippen molar-refractivity contribution in [3.05, 3.63) is 60.3 Å². The molecule has 1 aliphatic rings. The third-order valence-corrected chi connectivity index (χ3v) is 6.82. The molecule has 7 heteroatoms. The molecule has 1 aromatic heterocycles. The van der Waals surface area contributed by atoms with E-state index in [0.717, 1.165) is 16.5 Å². The van der Waals surface area contributed by atoms with Crippen LogP contribution in [0.3, 0.4) is 0 Å².